The van der Waals surface area contributed by atoms with Gasteiger partial charge in [0.15, 0.2) is 0 Å². The predicted octanol–water partition coefficient (Wildman–Crippen LogP) is 4.18. The third kappa shape index (κ3) is 6.92. The fraction of sp³-hybridized carbons (Fsp3) is 0.920. The van der Waals surface area contributed by atoms with Gasteiger partial charge in [-0.2, -0.15) is 0 Å². The molecule has 0 aliphatic carbocycles. The second-order valence-corrected chi connectivity index (χ2v) is 11.8. The number of hydrogen-bond donors (Lipinski definition) is 4. The van der Waals surface area contributed by atoms with E-state index in [2.05, 4.69) is 10.6 Å². The van der Waals surface area contributed by atoms with Crippen LogP contribution < -0.4 is 10.6 Å². The molecule has 0 aliphatic rings. The summed E-state index contributed by atoms with van der Waals surface area (Å²) in [4.78, 5) is 26.6. The van der Waals surface area contributed by atoms with E-state index in [-0.39, 0.29) is 0 Å². The summed E-state index contributed by atoms with van der Waals surface area (Å²) >= 11 is 0. The van der Waals surface area contributed by atoms with Crippen LogP contribution in [0.1, 0.15) is 109 Å². The van der Waals surface area contributed by atoms with Gasteiger partial charge in [-0.1, -0.05) is 69.2 Å². The molecule has 0 rings (SSSR count). The third-order valence-corrected chi connectivity index (χ3v) is 6.94. The number of nitrogens with one attached hydrogen (secondary N) is 2. The lowest BCUT2D eigenvalue weighted by Gasteiger charge is -2.45. The van der Waals surface area contributed by atoms with Gasteiger partial charge >= 0.3 is 0 Å². The van der Waals surface area contributed by atoms with Crippen LogP contribution in [0, 0.1) is 16.2 Å². The zero-order valence-electron chi connectivity index (χ0n) is 22.2. The summed E-state index contributed by atoms with van der Waals surface area (Å²) in [6, 6.07) is -1.03. The maximum atomic E-state index is 13.3. The van der Waals surface area contributed by atoms with Gasteiger partial charge in [-0.25, -0.2) is 0 Å². The zero-order chi connectivity index (χ0) is 25.1. The molecular weight excluding hydrogens is 392 g/mol. The molecule has 0 bridgehead atoms. The highest BCUT2D eigenvalue weighted by Gasteiger charge is 2.48. The summed E-state index contributed by atoms with van der Waals surface area (Å²) < 4.78 is 0. The molecule has 0 aromatic rings. The number of amides is 2. The molecule has 2 amide bonds. The van der Waals surface area contributed by atoms with Gasteiger partial charge in [0.05, 0.1) is 23.3 Å². The summed E-state index contributed by atoms with van der Waals surface area (Å²) in [7, 11) is 0. The first kappa shape index (κ1) is 29.9. The molecule has 0 saturated heterocycles. The van der Waals surface area contributed by atoms with Gasteiger partial charge in [-0.3, -0.25) is 9.59 Å². The molecule has 31 heavy (non-hydrogen) atoms. The average molecular weight is 443 g/mol. The lowest BCUT2D eigenvalue weighted by atomic mass is 9.72. The van der Waals surface area contributed by atoms with Crippen molar-refractivity contribution in [2.75, 3.05) is 0 Å². The third-order valence-electron chi connectivity index (χ3n) is 6.94. The summed E-state index contributed by atoms with van der Waals surface area (Å²) in [5.74, 6) is -0.871. The van der Waals surface area contributed by atoms with Crippen LogP contribution in [0.5, 0.6) is 0 Å². The van der Waals surface area contributed by atoms with Crippen LogP contribution in [0.2, 0.25) is 0 Å². The van der Waals surface area contributed by atoms with E-state index in [9.17, 15) is 19.8 Å². The molecule has 0 aliphatic heterocycles. The lowest BCUT2D eigenvalue weighted by Crippen LogP contribution is -2.64. The van der Waals surface area contributed by atoms with Gasteiger partial charge < -0.3 is 20.8 Å². The molecule has 184 valence electrons. The van der Waals surface area contributed by atoms with Gasteiger partial charge in [-0.15, -0.1) is 0 Å². The highest BCUT2D eigenvalue weighted by Crippen LogP contribution is 2.35. The standard InChI is InChI=1S/C25H50N2O4/c1-13-24(30,14-2)17(21(5,6)7)26-19(28)23(11,12)20(29)27-18(22(8,9)10)25(31,15-3)16-4/h17-18,30-31H,13-16H2,1-12H3,(H,26,28)(H,27,29). The fourth-order valence-electron chi connectivity index (χ4n) is 4.36. The molecule has 2 atom stereocenters. The number of carbonyl (C=O) groups is 2. The minimum Gasteiger partial charge on any atom is -0.388 e. The second-order valence-electron chi connectivity index (χ2n) is 11.8. The Balaban J connectivity index is 5.92. The Morgan fingerprint density at radius 1 is 0.613 bits per heavy atom. The van der Waals surface area contributed by atoms with Crippen LogP contribution >= 0.6 is 0 Å². The van der Waals surface area contributed by atoms with Crippen molar-refractivity contribution in [3.63, 3.8) is 0 Å². The Morgan fingerprint density at radius 3 is 1.00 bits per heavy atom. The SMILES string of the molecule is CCC(O)(CC)C(NC(=O)C(C)(C)C(=O)NC(C(C)(C)C)C(O)(CC)CC)C(C)(C)C. The summed E-state index contributed by atoms with van der Waals surface area (Å²) in [5, 5.41) is 28.3. The molecule has 2 unspecified atom stereocenters. The van der Waals surface area contributed by atoms with Gasteiger partial charge in [-0.05, 0) is 50.4 Å². The van der Waals surface area contributed by atoms with Crippen LogP contribution in [-0.4, -0.2) is 45.3 Å². The van der Waals surface area contributed by atoms with Crippen molar-refractivity contribution in [2.45, 2.75) is 132 Å². The van der Waals surface area contributed by atoms with E-state index in [0.29, 0.717) is 25.7 Å². The van der Waals surface area contributed by atoms with Crippen molar-refractivity contribution < 1.29 is 19.8 Å². The summed E-state index contributed by atoms with van der Waals surface area (Å²) in [6.45, 7) is 22.6. The molecule has 4 N–H and O–H groups in total. The van der Waals surface area contributed by atoms with E-state index in [1.54, 1.807) is 13.8 Å². The van der Waals surface area contributed by atoms with Gasteiger partial charge in [0.25, 0.3) is 0 Å². The number of rotatable bonds is 10. The van der Waals surface area contributed by atoms with Gasteiger partial charge in [0.1, 0.15) is 5.41 Å². The van der Waals surface area contributed by atoms with Crippen LogP contribution in [-0.2, 0) is 9.59 Å². The van der Waals surface area contributed by atoms with Crippen molar-refractivity contribution in [2.24, 2.45) is 16.2 Å². The molecule has 0 saturated carbocycles. The minimum absolute atomic E-state index is 0.401. The van der Waals surface area contributed by atoms with Gasteiger partial charge in [0, 0.05) is 0 Å². The Kier molecular flexibility index (Phi) is 9.83. The van der Waals surface area contributed by atoms with Crippen molar-refractivity contribution in [1.82, 2.24) is 10.6 Å². The Bertz CT molecular complexity index is 554. The number of hydrogen-bond acceptors (Lipinski definition) is 4. The van der Waals surface area contributed by atoms with E-state index in [0.717, 1.165) is 0 Å². The quantitative estimate of drug-likeness (QED) is 0.382. The van der Waals surface area contributed by atoms with Crippen molar-refractivity contribution >= 4 is 11.8 Å². The van der Waals surface area contributed by atoms with E-state index < -0.39 is 51.3 Å². The lowest BCUT2D eigenvalue weighted by molar-refractivity contribution is -0.148. The van der Waals surface area contributed by atoms with E-state index in [4.69, 9.17) is 0 Å². The Labute approximate surface area is 191 Å². The molecular formula is C25H50N2O4. The first-order chi connectivity index (χ1) is 13.8. The van der Waals surface area contributed by atoms with Crippen molar-refractivity contribution in [3.05, 3.63) is 0 Å². The first-order valence-electron chi connectivity index (χ1n) is 11.8. The zero-order valence-corrected chi connectivity index (χ0v) is 22.2. The highest BCUT2D eigenvalue weighted by atomic mass is 16.3. The van der Waals surface area contributed by atoms with Crippen LogP contribution in [0.15, 0.2) is 0 Å². The van der Waals surface area contributed by atoms with Crippen LogP contribution in [0.4, 0.5) is 0 Å². The highest BCUT2D eigenvalue weighted by molar-refractivity contribution is 6.04. The molecule has 0 fully saturated rings. The maximum Gasteiger partial charge on any atom is 0.235 e. The predicted molar refractivity (Wildman–Crippen MR) is 128 cm³/mol. The molecule has 6 nitrogen and oxygen atoms in total. The average Bonchev–Trinajstić information content (AvgIpc) is 2.66. The van der Waals surface area contributed by atoms with Crippen LogP contribution in [0.3, 0.4) is 0 Å². The topological polar surface area (TPSA) is 98.7 Å². The molecule has 0 aromatic heterocycles. The molecule has 6 heteroatoms. The van der Waals surface area contributed by atoms with E-state index >= 15 is 0 Å². The summed E-state index contributed by atoms with van der Waals surface area (Å²) in [5.41, 5.74) is -4.32. The Morgan fingerprint density at radius 2 is 0.839 bits per heavy atom. The molecule has 0 radical (unpaired) electrons. The van der Waals surface area contributed by atoms with E-state index in [1.807, 2.05) is 69.2 Å². The normalized spacial score (nSPS) is 15.9. The number of aliphatic hydroxyl groups is 2. The van der Waals surface area contributed by atoms with Crippen molar-refractivity contribution in [1.29, 1.82) is 0 Å². The smallest absolute Gasteiger partial charge is 0.235 e. The monoisotopic (exact) mass is 442 g/mol. The van der Waals surface area contributed by atoms with Crippen LogP contribution in [0.25, 0.3) is 0 Å². The summed E-state index contributed by atoms with van der Waals surface area (Å²) in [6.07, 6.45) is 1.96. The number of carbonyl (C=O) groups excluding carboxylic acids is 2. The minimum atomic E-state index is -1.38. The molecule has 0 heterocycles. The maximum absolute atomic E-state index is 13.3. The first-order valence-corrected chi connectivity index (χ1v) is 11.8. The van der Waals surface area contributed by atoms with Crippen molar-refractivity contribution in [3.8, 4) is 0 Å². The second kappa shape index (κ2) is 10.2. The Hall–Kier alpha value is -1.14. The molecule has 0 aromatic carbocycles. The molecule has 0 spiro atoms. The van der Waals surface area contributed by atoms with E-state index in [1.165, 1.54) is 0 Å². The van der Waals surface area contributed by atoms with Gasteiger partial charge in [0.2, 0.25) is 11.8 Å². The fourth-order valence-corrected chi connectivity index (χ4v) is 4.36. The largest absolute Gasteiger partial charge is 0.388 e.